The van der Waals surface area contributed by atoms with E-state index in [9.17, 15) is 4.79 Å². The number of hydrogen-bond acceptors (Lipinski definition) is 4. The minimum atomic E-state index is 0.120. The lowest BCUT2D eigenvalue weighted by atomic mass is 9.81. The lowest BCUT2D eigenvalue weighted by molar-refractivity contribution is -0.133. The smallest absolute Gasteiger partial charge is 0.224 e. The molecule has 1 aliphatic heterocycles. The molecule has 1 fully saturated rings. The van der Waals surface area contributed by atoms with Gasteiger partial charge in [-0.05, 0) is 19.8 Å². The van der Waals surface area contributed by atoms with Crippen molar-refractivity contribution in [2.24, 2.45) is 0 Å². The fraction of sp³-hybridized carbons (Fsp3) is 0.611. The van der Waals surface area contributed by atoms with Gasteiger partial charge in [0.05, 0.1) is 5.01 Å². The summed E-state index contributed by atoms with van der Waals surface area (Å²) >= 11 is 1.79. The van der Waals surface area contributed by atoms with Crippen LogP contribution in [-0.2, 0) is 23.2 Å². The van der Waals surface area contributed by atoms with E-state index in [1.54, 1.807) is 11.3 Å². The standard InChI is InChI=1S/C18H26N4OS/c1-4-15-19-8-12-21(15)9-5-16(23)22-10-6-18(3,7-11-22)17-20-13-14(2)24-17/h8,12-13H,4-7,9-11H2,1-3H3. The quantitative estimate of drug-likeness (QED) is 0.835. The number of aryl methyl sites for hydroxylation is 3. The molecule has 0 saturated carbocycles. The van der Waals surface area contributed by atoms with Gasteiger partial charge in [-0.1, -0.05) is 13.8 Å². The first kappa shape index (κ1) is 17.1. The highest BCUT2D eigenvalue weighted by Crippen LogP contribution is 2.37. The van der Waals surface area contributed by atoms with Crippen molar-refractivity contribution in [3.63, 3.8) is 0 Å². The summed E-state index contributed by atoms with van der Waals surface area (Å²) in [6.45, 7) is 8.86. The number of nitrogens with zero attached hydrogens (tertiary/aromatic N) is 4. The van der Waals surface area contributed by atoms with Crippen LogP contribution in [0.2, 0.25) is 0 Å². The van der Waals surface area contributed by atoms with Crippen molar-refractivity contribution < 1.29 is 4.79 Å². The normalized spacial score (nSPS) is 17.2. The first-order chi connectivity index (χ1) is 11.5. The van der Waals surface area contributed by atoms with E-state index in [1.807, 2.05) is 23.5 Å². The van der Waals surface area contributed by atoms with Gasteiger partial charge in [0.1, 0.15) is 5.82 Å². The summed E-state index contributed by atoms with van der Waals surface area (Å²) in [6.07, 6.45) is 9.18. The zero-order valence-electron chi connectivity index (χ0n) is 14.8. The van der Waals surface area contributed by atoms with Gasteiger partial charge >= 0.3 is 0 Å². The molecule has 0 N–H and O–H groups in total. The van der Waals surface area contributed by atoms with Crippen molar-refractivity contribution in [2.45, 2.75) is 58.4 Å². The van der Waals surface area contributed by atoms with E-state index in [0.717, 1.165) is 44.7 Å². The van der Waals surface area contributed by atoms with Crippen molar-refractivity contribution in [3.05, 3.63) is 34.3 Å². The number of carbonyl (C=O) groups is 1. The van der Waals surface area contributed by atoms with Crippen LogP contribution in [0.15, 0.2) is 18.6 Å². The van der Waals surface area contributed by atoms with Crippen LogP contribution in [0.25, 0.3) is 0 Å². The van der Waals surface area contributed by atoms with Gasteiger partial charge in [0.2, 0.25) is 5.91 Å². The SMILES string of the molecule is CCc1nccn1CCC(=O)N1CCC(C)(c2ncc(C)s2)CC1. The van der Waals surface area contributed by atoms with Gasteiger partial charge in [0.25, 0.3) is 0 Å². The molecule has 3 rings (SSSR count). The van der Waals surface area contributed by atoms with Crippen LogP contribution in [0.5, 0.6) is 0 Å². The van der Waals surface area contributed by atoms with Crippen molar-refractivity contribution in [3.8, 4) is 0 Å². The zero-order valence-corrected chi connectivity index (χ0v) is 15.6. The van der Waals surface area contributed by atoms with Gasteiger partial charge in [0, 0.05) is 61.4 Å². The molecule has 0 atom stereocenters. The molecular weight excluding hydrogens is 320 g/mol. The number of likely N-dealkylation sites (tertiary alicyclic amines) is 1. The van der Waals surface area contributed by atoms with E-state index in [4.69, 9.17) is 0 Å². The number of rotatable bonds is 5. The molecule has 1 amide bonds. The minimum Gasteiger partial charge on any atom is -0.343 e. The Kier molecular flexibility index (Phi) is 5.04. The lowest BCUT2D eigenvalue weighted by Gasteiger charge is -2.38. The summed E-state index contributed by atoms with van der Waals surface area (Å²) in [5.41, 5.74) is 0.120. The molecule has 2 aromatic heterocycles. The van der Waals surface area contributed by atoms with Crippen LogP contribution >= 0.6 is 11.3 Å². The average molecular weight is 347 g/mol. The van der Waals surface area contributed by atoms with Gasteiger partial charge in [-0.2, -0.15) is 0 Å². The Morgan fingerprint density at radius 3 is 2.71 bits per heavy atom. The first-order valence-corrected chi connectivity index (χ1v) is 9.54. The molecule has 1 saturated heterocycles. The monoisotopic (exact) mass is 346 g/mol. The summed E-state index contributed by atoms with van der Waals surface area (Å²) < 4.78 is 2.09. The molecule has 1 aliphatic rings. The van der Waals surface area contributed by atoms with E-state index in [2.05, 4.69) is 35.3 Å². The molecule has 0 spiro atoms. The van der Waals surface area contributed by atoms with Crippen molar-refractivity contribution >= 4 is 17.2 Å². The van der Waals surface area contributed by atoms with Gasteiger partial charge in [0.15, 0.2) is 0 Å². The number of hydrogen-bond donors (Lipinski definition) is 0. The third-order valence-electron chi connectivity index (χ3n) is 5.04. The highest BCUT2D eigenvalue weighted by atomic mass is 32.1. The van der Waals surface area contributed by atoms with Gasteiger partial charge < -0.3 is 9.47 Å². The maximum atomic E-state index is 12.5. The van der Waals surface area contributed by atoms with Crippen LogP contribution in [0.3, 0.4) is 0 Å². The van der Waals surface area contributed by atoms with Crippen molar-refractivity contribution in [1.29, 1.82) is 0 Å². The van der Waals surface area contributed by atoms with Crippen molar-refractivity contribution in [1.82, 2.24) is 19.4 Å². The summed E-state index contributed by atoms with van der Waals surface area (Å²) in [6, 6.07) is 0. The average Bonchev–Trinajstić information content (AvgIpc) is 3.22. The number of carbonyl (C=O) groups excluding carboxylic acids is 1. The van der Waals surface area contributed by atoms with Gasteiger partial charge in [-0.3, -0.25) is 4.79 Å². The Balaban J connectivity index is 1.53. The molecule has 0 radical (unpaired) electrons. The second kappa shape index (κ2) is 7.05. The number of piperidine rings is 1. The molecule has 6 heteroatoms. The summed E-state index contributed by atoms with van der Waals surface area (Å²) in [7, 11) is 0. The molecular formula is C18H26N4OS. The summed E-state index contributed by atoms with van der Waals surface area (Å²) in [5, 5.41) is 1.22. The van der Waals surface area contributed by atoms with E-state index in [1.165, 1.54) is 9.88 Å². The Bertz CT molecular complexity index is 697. The van der Waals surface area contributed by atoms with Crippen LogP contribution in [0, 0.1) is 6.92 Å². The van der Waals surface area contributed by atoms with E-state index >= 15 is 0 Å². The fourth-order valence-corrected chi connectivity index (χ4v) is 4.30. The molecule has 0 unspecified atom stereocenters. The maximum absolute atomic E-state index is 12.5. The number of thiazole rings is 1. The van der Waals surface area contributed by atoms with Gasteiger partial charge in [-0.15, -0.1) is 11.3 Å². The molecule has 0 aliphatic carbocycles. The highest BCUT2D eigenvalue weighted by Gasteiger charge is 2.35. The maximum Gasteiger partial charge on any atom is 0.224 e. The molecule has 3 heterocycles. The predicted molar refractivity (Wildman–Crippen MR) is 96.2 cm³/mol. The predicted octanol–water partition coefficient (Wildman–Crippen LogP) is 3.18. The zero-order chi connectivity index (χ0) is 17.2. The Morgan fingerprint density at radius 1 is 1.33 bits per heavy atom. The first-order valence-electron chi connectivity index (χ1n) is 8.72. The Morgan fingerprint density at radius 2 is 2.08 bits per heavy atom. The third kappa shape index (κ3) is 3.53. The number of imidazole rings is 1. The largest absolute Gasteiger partial charge is 0.343 e. The third-order valence-corrected chi connectivity index (χ3v) is 6.26. The second-order valence-electron chi connectivity index (χ2n) is 6.86. The summed E-state index contributed by atoms with van der Waals surface area (Å²) in [5.74, 6) is 1.30. The minimum absolute atomic E-state index is 0.120. The topological polar surface area (TPSA) is 51.0 Å². The van der Waals surface area contributed by atoms with Crippen molar-refractivity contribution in [2.75, 3.05) is 13.1 Å². The van der Waals surface area contributed by atoms with E-state index in [-0.39, 0.29) is 11.3 Å². The molecule has 2 aromatic rings. The molecule has 0 bridgehead atoms. The Hall–Kier alpha value is -1.69. The lowest BCUT2D eigenvalue weighted by Crippen LogP contribution is -2.44. The van der Waals surface area contributed by atoms with Crippen LogP contribution in [-0.4, -0.2) is 38.4 Å². The molecule has 5 nitrogen and oxygen atoms in total. The molecule has 24 heavy (non-hydrogen) atoms. The Labute approximate surface area is 147 Å². The van der Waals surface area contributed by atoms with Crippen LogP contribution in [0.1, 0.15) is 48.8 Å². The van der Waals surface area contributed by atoms with Crippen LogP contribution in [0.4, 0.5) is 0 Å². The van der Waals surface area contributed by atoms with E-state index in [0.29, 0.717) is 6.42 Å². The highest BCUT2D eigenvalue weighted by molar-refractivity contribution is 7.11. The van der Waals surface area contributed by atoms with E-state index < -0.39 is 0 Å². The fourth-order valence-electron chi connectivity index (χ4n) is 3.33. The van der Waals surface area contributed by atoms with Crippen LogP contribution < -0.4 is 0 Å². The summed E-state index contributed by atoms with van der Waals surface area (Å²) in [4.78, 5) is 24.7. The second-order valence-corrected chi connectivity index (χ2v) is 8.09. The molecule has 0 aromatic carbocycles. The molecule has 130 valence electrons. The number of amides is 1. The number of aromatic nitrogens is 3. The van der Waals surface area contributed by atoms with Gasteiger partial charge in [-0.25, -0.2) is 9.97 Å².